The highest BCUT2D eigenvalue weighted by molar-refractivity contribution is 6.30. The maximum atomic E-state index is 13.5. The number of carbonyl (C=O) groups excluding carboxylic acids is 2. The molecule has 166 valence electrons. The number of hydrogen-bond donors (Lipinski definition) is 0. The zero-order valence-corrected chi connectivity index (χ0v) is 19.2. The number of ketones is 1. The van der Waals surface area contributed by atoms with Gasteiger partial charge in [0.15, 0.2) is 5.78 Å². The van der Waals surface area contributed by atoms with Gasteiger partial charge in [-0.2, -0.15) is 0 Å². The molecular weight excluding hydrogens is 426 g/mol. The van der Waals surface area contributed by atoms with Crippen LogP contribution < -0.4 is 4.74 Å². The van der Waals surface area contributed by atoms with E-state index in [1.54, 1.807) is 14.0 Å². The molecule has 0 fully saturated rings. The van der Waals surface area contributed by atoms with Gasteiger partial charge in [-0.15, -0.1) is 0 Å². The number of rotatable bonds is 5. The highest BCUT2D eigenvalue weighted by Gasteiger charge is 2.44. The highest BCUT2D eigenvalue weighted by atomic mass is 35.5. The van der Waals surface area contributed by atoms with Gasteiger partial charge in [0.2, 0.25) is 0 Å². The van der Waals surface area contributed by atoms with Gasteiger partial charge in [-0.3, -0.25) is 14.6 Å². The predicted octanol–water partition coefficient (Wildman–Crippen LogP) is 5.49. The Balaban J connectivity index is 1.78. The highest BCUT2D eigenvalue weighted by Crippen LogP contribution is 2.47. The quantitative estimate of drug-likeness (QED) is 0.564. The second kappa shape index (κ2) is 9.29. The van der Waals surface area contributed by atoms with Crippen LogP contribution in [0.5, 0.6) is 5.75 Å². The number of esters is 1. The fourth-order valence-electron chi connectivity index (χ4n) is 4.74. The van der Waals surface area contributed by atoms with Crippen molar-refractivity contribution in [2.45, 2.75) is 38.5 Å². The molecule has 4 rings (SSSR count). The van der Waals surface area contributed by atoms with Crippen molar-refractivity contribution in [3.8, 4) is 5.75 Å². The molecule has 0 N–H and O–H groups in total. The van der Waals surface area contributed by atoms with Gasteiger partial charge in [0.05, 0.1) is 13.7 Å². The van der Waals surface area contributed by atoms with E-state index in [1.165, 1.54) is 0 Å². The molecule has 1 aliphatic carbocycles. The number of methoxy groups -OCH3 is 1. The molecular formula is C26H26ClNO4. The third-order valence-corrected chi connectivity index (χ3v) is 6.50. The molecule has 0 amide bonds. The molecule has 1 heterocycles. The van der Waals surface area contributed by atoms with Crippen molar-refractivity contribution in [1.29, 1.82) is 0 Å². The van der Waals surface area contributed by atoms with Crippen molar-refractivity contribution in [3.63, 3.8) is 0 Å². The number of Topliss-reactive ketones (excluding diaryl/α,β-unsaturated/α-hetero) is 1. The summed E-state index contributed by atoms with van der Waals surface area (Å²) in [4.78, 5) is 31.2. The minimum Gasteiger partial charge on any atom is -0.497 e. The van der Waals surface area contributed by atoms with E-state index >= 15 is 0 Å². The van der Waals surface area contributed by atoms with Gasteiger partial charge in [0.25, 0.3) is 0 Å². The summed E-state index contributed by atoms with van der Waals surface area (Å²) < 4.78 is 10.7. The second-order valence-corrected chi connectivity index (χ2v) is 8.61. The molecule has 32 heavy (non-hydrogen) atoms. The van der Waals surface area contributed by atoms with Crippen LogP contribution >= 0.6 is 11.6 Å². The smallest absolute Gasteiger partial charge is 0.315 e. The summed E-state index contributed by atoms with van der Waals surface area (Å²) in [5, 5.41) is 0.666. The van der Waals surface area contributed by atoms with Gasteiger partial charge in [-0.1, -0.05) is 35.9 Å². The molecule has 2 aromatic rings. The van der Waals surface area contributed by atoms with E-state index in [1.807, 2.05) is 55.5 Å². The Hall–Kier alpha value is -2.92. The lowest BCUT2D eigenvalue weighted by Crippen LogP contribution is -2.38. The normalized spacial score (nSPS) is 22.8. The van der Waals surface area contributed by atoms with Crippen LogP contribution in [0.4, 0.5) is 0 Å². The zero-order valence-electron chi connectivity index (χ0n) is 18.4. The first-order chi connectivity index (χ1) is 15.4. The van der Waals surface area contributed by atoms with Crippen molar-refractivity contribution >= 4 is 29.1 Å². The van der Waals surface area contributed by atoms with E-state index in [4.69, 9.17) is 26.1 Å². The maximum absolute atomic E-state index is 13.5. The minimum atomic E-state index is -0.627. The lowest BCUT2D eigenvalue weighted by molar-refractivity contribution is -0.146. The zero-order chi connectivity index (χ0) is 22.8. The van der Waals surface area contributed by atoms with Crippen LogP contribution in [0.1, 0.15) is 49.7 Å². The average Bonchev–Trinajstić information content (AvgIpc) is 2.78. The lowest BCUT2D eigenvalue weighted by atomic mass is 9.69. The van der Waals surface area contributed by atoms with E-state index in [2.05, 4.69) is 0 Å². The second-order valence-electron chi connectivity index (χ2n) is 8.17. The molecule has 6 heteroatoms. The number of halogens is 1. The van der Waals surface area contributed by atoms with E-state index in [-0.39, 0.29) is 24.3 Å². The van der Waals surface area contributed by atoms with Gasteiger partial charge in [-0.05, 0) is 61.6 Å². The first-order valence-corrected chi connectivity index (χ1v) is 11.2. The van der Waals surface area contributed by atoms with Crippen LogP contribution in [-0.4, -0.2) is 31.2 Å². The van der Waals surface area contributed by atoms with Crippen LogP contribution in [-0.2, 0) is 14.3 Å². The van der Waals surface area contributed by atoms with Gasteiger partial charge in [0, 0.05) is 34.3 Å². The third kappa shape index (κ3) is 4.22. The van der Waals surface area contributed by atoms with E-state index in [9.17, 15) is 9.59 Å². The number of ether oxygens (including phenoxy) is 2. The van der Waals surface area contributed by atoms with Gasteiger partial charge >= 0.3 is 5.97 Å². The van der Waals surface area contributed by atoms with Crippen molar-refractivity contribution in [2.75, 3.05) is 13.7 Å². The van der Waals surface area contributed by atoms with Gasteiger partial charge < -0.3 is 9.47 Å². The Labute approximate surface area is 193 Å². The summed E-state index contributed by atoms with van der Waals surface area (Å²) in [6.07, 6.45) is 1.01. The monoisotopic (exact) mass is 451 g/mol. The fraction of sp³-hybridized carbons (Fsp3) is 0.346. The fourth-order valence-corrected chi connectivity index (χ4v) is 4.86. The first-order valence-electron chi connectivity index (χ1n) is 10.8. The van der Waals surface area contributed by atoms with Crippen molar-refractivity contribution in [2.24, 2.45) is 10.9 Å². The molecule has 2 aliphatic rings. The number of aliphatic imine (C=N–C) groups is 1. The Kier molecular flexibility index (Phi) is 6.47. The predicted molar refractivity (Wildman–Crippen MR) is 124 cm³/mol. The maximum Gasteiger partial charge on any atom is 0.315 e. The topological polar surface area (TPSA) is 65.0 Å². The average molecular weight is 452 g/mol. The van der Waals surface area contributed by atoms with Gasteiger partial charge in [0.1, 0.15) is 11.7 Å². The van der Waals surface area contributed by atoms with Crippen LogP contribution in [0.2, 0.25) is 5.02 Å². The molecule has 0 saturated heterocycles. The van der Waals surface area contributed by atoms with Crippen LogP contribution in [0.3, 0.4) is 0 Å². The van der Waals surface area contributed by atoms with Crippen LogP contribution in [0.15, 0.2) is 64.8 Å². The molecule has 1 unspecified atom stereocenters. The number of hydrogen-bond acceptors (Lipinski definition) is 5. The third-order valence-electron chi connectivity index (χ3n) is 6.25. The number of nitrogens with zero attached hydrogens (tertiary/aromatic N) is 1. The molecule has 0 saturated carbocycles. The summed E-state index contributed by atoms with van der Waals surface area (Å²) in [6.45, 7) is 3.90. The Bertz CT molecular complexity index is 1090. The van der Waals surface area contributed by atoms with Crippen molar-refractivity contribution in [1.82, 2.24) is 0 Å². The van der Waals surface area contributed by atoms with Crippen LogP contribution in [0.25, 0.3) is 0 Å². The molecule has 0 aromatic heterocycles. The summed E-state index contributed by atoms with van der Waals surface area (Å²) in [7, 11) is 1.61. The number of allylic oxidation sites excluding steroid dienone is 2. The molecule has 1 aliphatic heterocycles. The summed E-state index contributed by atoms with van der Waals surface area (Å²) in [5.74, 6) is -0.629. The van der Waals surface area contributed by atoms with Crippen LogP contribution in [0, 0.1) is 5.92 Å². The van der Waals surface area contributed by atoms with E-state index in [0.29, 0.717) is 29.1 Å². The minimum absolute atomic E-state index is 0.0255. The molecule has 0 spiro atoms. The van der Waals surface area contributed by atoms with Crippen molar-refractivity contribution in [3.05, 3.63) is 76.0 Å². The number of benzene rings is 2. The van der Waals surface area contributed by atoms with Gasteiger partial charge in [-0.25, -0.2) is 0 Å². The number of carbonyl (C=O) groups is 2. The van der Waals surface area contributed by atoms with Crippen molar-refractivity contribution < 1.29 is 19.1 Å². The Morgan fingerprint density at radius 2 is 1.72 bits per heavy atom. The Morgan fingerprint density at radius 3 is 2.34 bits per heavy atom. The standard InChI is InChI=1S/C26H26ClNO4/c1-4-32-26(30)23-15(2)28-21-13-18(16-5-9-19(27)10-6-16)14-22(29)25(21)24(23)17-7-11-20(31-3)12-8-17/h5-12,18,23-24H,4,13-14H2,1-3H3/t18-,23?,24+/m0/s1. The Morgan fingerprint density at radius 1 is 1.06 bits per heavy atom. The molecule has 0 radical (unpaired) electrons. The summed E-state index contributed by atoms with van der Waals surface area (Å²) in [5.41, 5.74) is 4.01. The molecule has 2 aromatic carbocycles. The molecule has 3 atom stereocenters. The summed E-state index contributed by atoms with van der Waals surface area (Å²) >= 11 is 6.04. The first kappa shape index (κ1) is 22.3. The lowest BCUT2D eigenvalue weighted by Gasteiger charge is -2.36. The SMILES string of the molecule is CCOC(=O)C1C(C)=NC2=C(C(=O)C[C@@H](c3ccc(Cl)cc3)C2)[C@@H]1c1ccc(OC)cc1. The summed E-state index contributed by atoms with van der Waals surface area (Å²) in [6, 6.07) is 15.1. The molecule has 5 nitrogen and oxygen atoms in total. The van der Waals surface area contributed by atoms with E-state index in [0.717, 1.165) is 22.6 Å². The largest absolute Gasteiger partial charge is 0.497 e. The van der Waals surface area contributed by atoms with E-state index < -0.39 is 11.8 Å². The molecule has 0 bridgehead atoms.